The van der Waals surface area contributed by atoms with E-state index in [1.165, 1.54) is 0 Å². The van der Waals surface area contributed by atoms with E-state index >= 15 is 0 Å². The van der Waals surface area contributed by atoms with Crippen LogP contribution in [0.15, 0.2) is 0 Å². The number of ether oxygens (including phenoxy) is 7. The Labute approximate surface area is 272 Å². The van der Waals surface area contributed by atoms with E-state index in [-0.39, 0.29) is 0 Å². The zero-order valence-electron chi connectivity index (χ0n) is 25.5. The molecule has 4 fully saturated rings. The van der Waals surface area contributed by atoms with Crippen molar-refractivity contribution >= 4 is 5.91 Å². The molecule has 20 atom stereocenters. The lowest BCUT2D eigenvalue weighted by atomic mass is 9.95. The molecule has 4 heterocycles. The van der Waals surface area contributed by atoms with Crippen LogP contribution in [0.25, 0.3) is 0 Å². The molecule has 1 unspecified atom stereocenters. The summed E-state index contributed by atoms with van der Waals surface area (Å²) in [5, 5.41) is 136. The van der Waals surface area contributed by atoms with E-state index < -0.39 is 155 Å². The molecule has 0 aromatic heterocycles. The third-order valence-electron chi connectivity index (χ3n) is 8.61. The number of aliphatic hydroxyl groups is 13. The monoisotopic (exact) mass is 707 g/mol. The predicted octanol–water partition coefficient (Wildman–Crippen LogP) is -9.61. The first-order valence-corrected chi connectivity index (χ1v) is 15.1. The van der Waals surface area contributed by atoms with Crippen LogP contribution in [0.4, 0.5) is 0 Å². The van der Waals surface area contributed by atoms with Crippen LogP contribution < -0.4 is 5.32 Å². The van der Waals surface area contributed by atoms with Gasteiger partial charge in [-0.05, 0) is 0 Å². The molecule has 0 radical (unpaired) electrons. The van der Waals surface area contributed by atoms with Crippen LogP contribution >= 0.6 is 0 Å². The Hall–Kier alpha value is -1.33. The number of nitrogens with one attached hydrogen (secondary N) is 1. The number of rotatable bonds is 11. The first kappa shape index (κ1) is 39.5. The van der Waals surface area contributed by atoms with E-state index in [1.54, 1.807) is 0 Å². The molecule has 0 bridgehead atoms. The molecule has 14 N–H and O–H groups in total. The maximum absolute atomic E-state index is 11.9. The summed E-state index contributed by atoms with van der Waals surface area (Å²) in [7, 11) is 0. The summed E-state index contributed by atoms with van der Waals surface area (Å²) in [6, 6.07) is -1.50. The lowest BCUT2D eigenvalue weighted by molar-refractivity contribution is -0.392. The minimum absolute atomic E-state index is 0.699. The third kappa shape index (κ3) is 8.08. The van der Waals surface area contributed by atoms with Gasteiger partial charge in [0.25, 0.3) is 0 Å². The minimum Gasteiger partial charge on any atom is -0.394 e. The first-order chi connectivity index (χ1) is 22.7. The fourth-order valence-electron chi connectivity index (χ4n) is 5.92. The standard InChI is InChI=1S/C26H45NO21/c1-6(32)27-11-21(14(35)9(4-30)42-23(11)41)47-26-22(16(37)13(34)8(3-29)44-26)48-25-19(40)17(38)20(10(5-31)45-25)46-24-18(39)15(36)12(33)7(2-28)43-24/h7-26,28-31,33-41H,2-5H2,1H3,(H,27,32)/t7-,8-,9-,10-,11-,12-,13-,14+,15+,16+,17-,18+,19+,20-,21-,22+,23?,24-,25-,26+/m1/s1. The number of hydrogen-bond donors (Lipinski definition) is 14. The second-order valence-electron chi connectivity index (χ2n) is 11.9. The molecule has 4 aliphatic rings. The van der Waals surface area contributed by atoms with Crippen molar-refractivity contribution in [2.24, 2.45) is 0 Å². The van der Waals surface area contributed by atoms with E-state index in [0.29, 0.717) is 0 Å². The van der Waals surface area contributed by atoms with Crippen molar-refractivity contribution in [2.45, 2.75) is 130 Å². The van der Waals surface area contributed by atoms with Gasteiger partial charge in [0, 0.05) is 6.92 Å². The molecule has 0 aromatic rings. The highest BCUT2D eigenvalue weighted by atomic mass is 16.8. The second kappa shape index (κ2) is 16.8. The number of carbonyl (C=O) groups is 1. The van der Waals surface area contributed by atoms with Crippen molar-refractivity contribution in [1.82, 2.24) is 5.32 Å². The quantitative estimate of drug-likeness (QED) is 0.0947. The average molecular weight is 708 g/mol. The van der Waals surface area contributed by atoms with Crippen LogP contribution in [0.5, 0.6) is 0 Å². The zero-order chi connectivity index (χ0) is 35.6. The lowest BCUT2D eigenvalue weighted by Gasteiger charge is -2.49. The van der Waals surface area contributed by atoms with Gasteiger partial charge in [-0.25, -0.2) is 0 Å². The van der Waals surface area contributed by atoms with Gasteiger partial charge in [0.1, 0.15) is 97.6 Å². The maximum atomic E-state index is 11.9. The molecule has 4 aliphatic heterocycles. The van der Waals surface area contributed by atoms with Crippen LogP contribution in [-0.2, 0) is 38.0 Å². The molecule has 1 amide bonds. The van der Waals surface area contributed by atoms with Gasteiger partial charge in [0.2, 0.25) is 5.91 Å². The predicted molar refractivity (Wildman–Crippen MR) is 145 cm³/mol. The van der Waals surface area contributed by atoms with Crippen LogP contribution in [0.2, 0.25) is 0 Å². The summed E-state index contributed by atoms with van der Waals surface area (Å²) >= 11 is 0. The second-order valence-corrected chi connectivity index (χ2v) is 11.9. The van der Waals surface area contributed by atoms with Crippen molar-refractivity contribution in [3.8, 4) is 0 Å². The third-order valence-corrected chi connectivity index (χ3v) is 8.61. The van der Waals surface area contributed by atoms with Gasteiger partial charge in [-0.15, -0.1) is 0 Å². The van der Waals surface area contributed by atoms with Crippen LogP contribution in [0.3, 0.4) is 0 Å². The van der Waals surface area contributed by atoms with Crippen molar-refractivity contribution < 1.29 is 104 Å². The summed E-state index contributed by atoms with van der Waals surface area (Å²) in [5.41, 5.74) is 0. The zero-order valence-corrected chi connectivity index (χ0v) is 25.5. The number of hydrogen-bond acceptors (Lipinski definition) is 21. The molecule has 0 spiro atoms. The van der Waals surface area contributed by atoms with Gasteiger partial charge in [-0.3, -0.25) is 4.79 Å². The largest absolute Gasteiger partial charge is 0.394 e. The number of carbonyl (C=O) groups excluding carboxylic acids is 1. The molecule has 0 aromatic carbocycles. The Morgan fingerprint density at radius 2 is 0.917 bits per heavy atom. The van der Waals surface area contributed by atoms with Gasteiger partial charge in [0.15, 0.2) is 25.2 Å². The highest BCUT2D eigenvalue weighted by Gasteiger charge is 2.55. The van der Waals surface area contributed by atoms with E-state index in [0.717, 1.165) is 6.92 Å². The van der Waals surface area contributed by atoms with Gasteiger partial charge in [0.05, 0.1) is 26.4 Å². The SMILES string of the molecule is CC(=O)N[C@H]1C(O)O[C@H](CO)[C@H](O)[C@@H]1O[C@@H]1O[C@H](CO)[C@@H](O)[C@H](O)[C@@H]1O[C@H]1O[C@H](CO)[C@@H](O[C@H]2O[C@H](CO)[C@@H](O)[C@H](O)[C@@H]2O)[C@H](O)[C@@H]1O. The highest BCUT2D eigenvalue weighted by molar-refractivity contribution is 5.73. The normalized spacial score (nSPS) is 50.2. The van der Waals surface area contributed by atoms with Crippen molar-refractivity contribution in [3.63, 3.8) is 0 Å². The summed E-state index contributed by atoms with van der Waals surface area (Å²) in [5.74, 6) is -0.699. The van der Waals surface area contributed by atoms with Crippen molar-refractivity contribution in [1.29, 1.82) is 0 Å². The fourth-order valence-corrected chi connectivity index (χ4v) is 5.92. The molecule has 0 saturated carbocycles. The van der Waals surface area contributed by atoms with Crippen LogP contribution in [0, 0.1) is 0 Å². The van der Waals surface area contributed by atoms with Gasteiger partial charge in [-0.1, -0.05) is 0 Å². The Morgan fingerprint density at radius 3 is 1.46 bits per heavy atom. The summed E-state index contributed by atoms with van der Waals surface area (Å²) in [6.45, 7) is -2.34. The smallest absolute Gasteiger partial charge is 0.217 e. The van der Waals surface area contributed by atoms with E-state index in [9.17, 15) is 71.2 Å². The molecular formula is C26H45NO21. The molecular weight excluding hydrogens is 662 g/mol. The van der Waals surface area contributed by atoms with Crippen LogP contribution in [0.1, 0.15) is 6.92 Å². The Balaban J connectivity index is 1.56. The topological polar surface area (TPSA) is 357 Å². The minimum atomic E-state index is -2.09. The van der Waals surface area contributed by atoms with E-state index in [4.69, 9.17) is 33.2 Å². The summed E-state index contributed by atoms with van der Waals surface area (Å²) < 4.78 is 38.6. The molecule has 48 heavy (non-hydrogen) atoms. The molecule has 4 saturated heterocycles. The average Bonchev–Trinajstić information content (AvgIpc) is 3.06. The fraction of sp³-hybridized carbons (Fsp3) is 0.962. The first-order valence-electron chi connectivity index (χ1n) is 15.1. The van der Waals surface area contributed by atoms with E-state index in [2.05, 4.69) is 5.32 Å². The van der Waals surface area contributed by atoms with Gasteiger partial charge < -0.3 is 105 Å². The van der Waals surface area contributed by atoms with Crippen molar-refractivity contribution in [2.75, 3.05) is 26.4 Å². The highest BCUT2D eigenvalue weighted by Crippen LogP contribution is 2.34. The molecule has 280 valence electrons. The molecule has 22 nitrogen and oxygen atoms in total. The lowest BCUT2D eigenvalue weighted by Crippen LogP contribution is -2.69. The summed E-state index contributed by atoms with van der Waals surface area (Å²) in [4.78, 5) is 11.9. The maximum Gasteiger partial charge on any atom is 0.217 e. The van der Waals surface area contributed by atoms with Gasteiger partial charge >= 0.3 is 0 Å². The number of aliphatic hydroxyl groups excluding tert-OH is 13. The number of amides is 1. The Kier molecular flexibility index (Phi) is 13.8. The Morgan fingerprint density at radius 1 is 0.500 bits per heavy atom. The molecule has 22 heteroatoms. The summed E-state index contributed by atoms with van der Waals surface area (Å²) in [6.07, 6.45) is -33.9. The van der Waals surface area contributed by atoms with E-state index in [1.807, 2.05) is 0 Å². The molecule has 0 aliphatic carbocycles. The van der Waals surface area contributed by atoms with Gasteiger partial charge in [-0.2, -0.15) is 0 Å². The van der Waals surface area contributed by atoms with Crippen LogP contribution in [-0.4, -0.2) is 221 Å². The molecule has 4 rings (SSSR count). The van der Waals surface area contributed by atoms with Crippen molar-refractivity contribution in [3.05, 3.63) is 0 Å². The Bertz CT molecular complexity index is 1030.